The first-order valence-corrected chi connectivity index (χ1v) is 5.41. The number of rotatable bonds is 2. The van der Waals surface area contributed by atoms with Gasteiger partial charge in [0.05, 0.1) is 5.92 Å². The van der Waals surface area contributed by atoms with Crippen LogP contribution in [0.25, 0.3) is 0 Å². The molecule has 14 heavy (non-hydrogen) atoms. The van der Waals surface area contributed by atoms with Crippen molar-refractivity contribution in [3.05, 3.63) is 12.2 Å². The third-order valence-electron chi connectivity index (χ3n) is 3.40. The van der Waals surface area contributed by atoms with Crippen molar-refractivity contribution >= 4 is 5.91 Å². The normalized spacial score (nSPS) is 40.7. The van der Waals surface area contributed by atoms with Gasteiger partial charge < -0.3 is 11.1 Å². The van der Waals surface area contributed by atoms with Crippen LogP contribution in [0, 0.1) is 11.8 Å². The van der Waals surface area contributed by atoms with Gasteiger partial charge in [-0.05, 0) is 25.2 Å². The molecule has 0 saturated heterocycles. The van der Waals surface area contributed by atoms with Crippen LogP contribution in [-0.4, -0.2) is 18.0 Å². The fourth-order valence-corrected chi connectivity index (χ4v) is 2.09. The highest BCUT2D eigenvalue weighted by molar-refractivity contribution is 5.81. The molecule has 3 heteroatoms. The number of nitrogens with two attached hydrogens (primary N) is 1. The van der Waals surface area contributed by atoms with Crippen molar-refractivity contribution in [3.63, 3.8) is 0 Å². The molecule has 1 amide bonds. The topological polar surface area (TPSA) is 55.1 Å². The van der Waals surface area contributed by atoms with Gasteiger partial charge in [0.15, 0.2) is 0 Å². The lowest BCUT2D eigenvalue weighted by atomic mass is 9.81. The van der Waals surface area contributed by atoms with Crippen LogP contribution in [0.3, 0.4) is 0 Å². The lowest BCUT2D eigenvalue weighted by molar-refractivity contribution is -0.125. The van der Waals surface area contributed by atoms with Gasteiger partial charge in [0, 0.05) is 12.1 Å². The van der Waals surface area contributed by atoms with Crippen LogP contribution in [0.1, 0.15) is 26.2 Å². The van der Waals surface area contributed by atoms with Crippen molar-refractivity contribution in [2.45, 2.75) is 38.3 Å². The fraction of sp³-hybridized carbons (Fsp3) is 0.727. The molecule has 0 aromatic carbocycles. The smallest absolute Gasteiger partial charge is 0.227 e. The molecule has 2 rings (SSSR count). The van der Waals surface area contributed by atoms with Gasteiger partial charge in [0.25, 0.3) is 0 Å². The molecule has 3 N–H and O–H groups in total. The summed E-state index contributed by atoms with van der Waals surface area (Å²) in [6.07, 6.45) is 7.01. The second kappa shape index (κ2) is 3.73. The first kappa shape index (κ1) is 9.71. The van der Waals surface area contributed by atoms with E-state index in [9.17, 15) is 4.79 Å². The summed E-state index contributed by atoms with van der Waals surface area (Å²) < 4.78 is 0. The molecule has 4 atom stereocenters. The second-order valence-electron chi connectivity index (χ2n) is 4.56. The van der Waals surface area contributed by atoms with E-state index in [2.05, 4.69) is 12.2 Å². The van der Waals surface area contributed by atoms with Gasteiger partial charge in [0.1, 0.15) is 0 Å². The first-order valence-electron chi connectivity index (χ1n) is 5.41. The van der Waals surface area contributed by atoms with Crippen LogP contribution in [0.15, 0.2) is 12.2 Å². The summed E-state index contributed by atoms with van der Waals surface area (Å²) in [5.41, 5.74) is 5.70. The molecule has 1 fully saturated rings. The van der Waals surface area contributed by atoms with Crippen LogP contribution in [0.4, 0.5) is 0 Å². The molecule has 0 aliphatic heterocycles. The maximum Gasteiger partial charge on any atom is 0.227 e. The zero-order chi connectivity index (χ0) is 10.1. The average Bonchev–Trinajstić information content (AvgIpc) is 2.58. The molecule has 2 aliphatic carbocycles. The minimum absolute atomic E-state index is 0.0119. The zero-order valence-electron chi connectivity index (χ0n) is 8.57. The number of carbonyl (C=O) groups is 1. The molecule has 3 nitrogen and oxygen atoms in total. The van der Waals surface area contributed by atoms with Crippen molar-refractivity contribution in [1.29, 1.82) is 0 Å². The molecule has 1 saturated carbocycles. The Bertz CT molecular complexity index is 262. The average molecular weight is 194 g/mol. The predicted molar refractivity (Wildman–Crippen MR) is 55.6 cm³/mol. The maximum atomic E-state index is 11.7. The van der Waals surface area contributed by atoms with Gasteiger partial charge in [-0.1, -0.05) is 19.1 Å². The van der Waals surface area contributed by atoms with Gasteiger partial charge in [-0.15, -0.1) is 0 Å². The first-order chi connectivity index (χ1) is 6.66. The Morgan fingerprint density at radius 3 is 2.64 bits per heavy atom. The van der Waals surface area contributed by atoms with Crippen LogP contribution in [0.2, 0.25) is 0 Å². The monoisotopic (exact) mass is 194 g/mol. The summed E-state index contributed by atoms with van der Waals surface area (Å²) in [4.78, 5) is 11.7. The van der Waals surface area contributed by atoms with E-state index in [1.165, 1.54) is 6.42 Å². The molecule has 0 bridgehead atoms. The molecule has 0 radical (unpaired) electrons. The highest BCUT2D eigenvalue weighted by Gasteiger charge is 2.31. The summed E-state index contributed by atoms with van der Waals surface area (Å²) >= 11 is 0. The Labute approximate surface area is 84.7 Å². The predicted octanol–water partition coefficient (Wildman–Crippen LogP) is 0.804. The molecular weight excluding hydrogens is 176 g/mol. The van der Waals surface area contributed by atoms with Crippen molar-refractivity contribution in [1.82, 2.24) is 5.32 Å². The van der Waals surface area contributed by atoms with Crippen LogP contribution >= 0.6 is 0 Å². The number of amides is 1. The molecule has 0 aromatic heterocycles. The SMILES string of the molecule is CC1CCC1NC(=O)C1C=CC(N)C1. The molecule has 78 valence electrons. The van der Waals surface area contributed by atoms with E-state index in [-0.39, 0.29) is 17.9 Å². The number of hydrogen-bond acceptors (Lipinski definition) is 2. The third kappa shape index (κ3) is 1.82. The number of nitrogens with one attached hydrogen (secondary N) is 1. The van der Waals surface area contributed by atoms with E-state index in [0.717, 1.165) is 12.8 Å². The van der Waals surface area contributed by atoms with E-state index in [0.29, 0.717) is 12.0 Å². The molecule has 0 aromatic rings. The molecular formula is C11H18N2O. The number of carbonyl (C=O) groups excluding carboxylic acids is 1. The summed E-state index contributed by atoms with van der Waals surface area (Å²) in [6.45, 7) is 2.19. The Morgan fingerprint density at radius 1 is 1.43 bits per heavy atom. The lowest BCUT2D eigenvalue weighted by Crippen LogP contribution is -2.47. The maximum absolute atomic E-state index is 11.7. The van der Waals surface area contributed by atoms with E-state index in [1.54, 1.807) is 0 Å². The van der Waals surface area contributed by atoms with Crippen molar-refractivity contribution < 1.29 is 4.79 Å². The number of hydrogen-bond donors (Lipinski definition) is 2. The van der Waals surface area contributed by atoms with Gasteiger partial charge in [0.2, 0.25) is 5.91 Å². The third-order valence-corrected chi connectivity index (χ3v) is 3.40. The minimum Gasteiger partial charge on any atom is -0.353 e. The Morgan fingerprint density at radius 2 is 2.21 bits per heavy atom. The summed E-state index contributed by atoms with van der Waals surface area (Å²) in [5.74, 6) is 0.821. The van der Waals surface area contributed by atoms with E-state index in [4.69, 9.17) is 5.73 Å². The van der Waals surface area contributed by atoms with Crippen LogP contribution < -0.4 is 11.1 Å². The molecule has 4 unspecified atom stereocenters. The van der Waals surface area contributed by atoms with Gasteiger partial charge in [-0.25, -0.2) is 0 Å². The van der Waals surface area contributed by atoms with Gasteiger partial charge in [-0.2, -0.15) is 0 Å². The Balaban J connectivity index is 1.81. The van der Waals surface area contributed by atoms with E-state index < -0.39 is 0 Å². The summed E-state index contributed by atoms with van der Waals surface area (Å²) in [6, 6.07) is 0.484. The lowest BCUT2D eigenvalue weighted by Gasteiger charge is -2.35. The van der Waals surface area contributed by atoms with E-state index >= 15 is 0 Å². The minimum atomic E-state index is 0.0119. The molecule has 0 spiro atoms. The van der Waals surface area contributed by atoms with Crippen LogP contribution in [-0.2, 0) is 4.79 Å². The molecule has 2 aliphatic rings. The Kier molecular flexibility index (Phi) is 2.59. The second-order valence-corrected chi connectivity index (χ2v) is 4.56. The Hall–Kier alpha value is -0.830. The highest BCUT2D eigenvalue weighted by Crippen LogP contribution is 2.27. The van der Waals surface area contributed by atoms with Crippen molar-refractivity contribution in [3.8, 4) is 0 Å². The van der Waals surface area contributed by atoms with Crippen molar-refractivity contribution in [2.24, 2.45) is 17.6 Å². The molecule has 0 heterocycles. The van der Waals surface area contributed by atoms with E-state index in [1.807, 2.05) is 12.2 Å². The summed E-state index contributed by atoms with van der Waals surface area (Å²) in [5, 5.41) is 3.08. The zero-order valence-corrected chi connectivity index (χ0v) is 8.57. The quantitative estimate of drug-likeness (QED) is 0.639. The standard InChI is InChI=1S/C11H18N2O/c1-7-2-5-10(7)13-11(14)8-3-4-9(12)6-8/h3-4,7-10H,2,5-6,12H2,1H3,(H,13,14). The van der Waals surface area contributed by atoms with Crippen molar-refractivity contribution in [2.75, 3.05) is 0 Å². The van der Waals surface area contributed by atoms with Gasteiger partial charge >= 0.3 is 0 Å². The van der Waals surface area contributed by atoms with Gasteiger partial charge in [-0.3, -0.25) is 4.79 Å². The van der Waals surface area contributed by atoms with Crippen LogP contribution in [0.5, 0.6) is 0 Å². The largest absolute Gasteiger partial charge is 0.353 e. The summed E-state index contributed by atoms with van der Waals surface area (Å²) in [7, 11) is 0. The fourth-order valence-electron chi connectivity index (χ4n) is 2.09. The highest BCUT2D eigenvalue weighted by atomic mass is 16.1.